The van der Waals surface area contributed by atoms with Crippen molar-refractivity contribution < 1.29 is 14.3 Å². The third-order valence-corrected chi connectivity index (χ3v) is 3.25. The summed E-state index contributed by atoms with van der Waals surface area (Å²) in [5.74, 6) is 0. The van der Waals surface area contributed by atoms with Crippen molar-refractivity contribution in [2.75, 3.05) is 25.2 Å². The van der Waals surface area contributed by atoms with Gasteiger partial charge in [-0.1, -0.05) is 11.6 Å². The highest BCUT2D eigenvalue weighted by molar-refractivity contribution is 6.32. The summed E-state index contributed by atoms with van der Waals surface area (Å²) in [5, 5.41) is 4.44. The Hall–Kier alpha value is -2.12. The van der Waals surface area contributed by atoms with Crippen LogP contribution in [0.5, 0.6) is 0 Å². The maximum atomic E-state index is 12.5. The molecule has 24 heavy (non-hydrogen) atoms. The number of halogens is 1. The standard InChI is InChI=1S/C16H21ClN4O3/c1-16(2,3)24-15(22)20(8-9-23-4)13-11-21(19-14(13)17)12-6-5-7-18-10-12/h5-7,10-11H,8-9H2,1-4H3. The minimum absolute atomic E-state index is 0.195. The molecule has 0 saturated carbocycles. The van der Waals surface area contributed by atoms with E-state index in [0.29, 0.717) is 18.8 Å². The van der Waals surface area contributed by atoms with Crippen molar-refractivity contribution in [3.8, 4) is 5.69 Å². The van der Waals surface area contributed by atoms with Gasteiger partial charge in [0.05, 0.1) is 31.2 Å². The highest BCUT2D eigenvalue weighted by Gasteiger charge is 2.26. The fraction of sp³-hybridized carbons (Fsp3) is 0.438. The molecule has 0 aromatic carbocycles. The Morgan fingerprint density at radius 3 is 2.75 bits per heavy atom. The predicted octanol–water partition coefficient (Wildman–Crippen LogP) is 3.31. The number of pyridine rings is 1. The number of amides is 1. The number of hydrogen-bond donors (Lipinski definition) is 0. The van der Waals surface area contributed by atoms with Crippen LogP contribution in [-0.4, -0.2) is 46.7 Å². The first-order valence-electron chi connectivity index (χ1n) is 7.47. The molecule has 0 aliphatic carbocycles. The summed E-state index contributed by atoms with van der Waals surface area (Å²) in [4.78, 5) is 18.0. The van der Waals surface area contributed by atoms with Crippen LogP contribution in [-0.2, 0) is 9.47 Å². The number of hydrogen-bond acceptors (Lipinski definition) is 5. The third kappa shape index (κ3) is 4.69. The molecule has 0 spiro atoms. The van der Waals surface area contributed by atoms with Crippen LogP contribution >= 0.6 is 11.6 Å². The highest BCUT2D eigenvalue weighted by Crippen LogP contribution is 2.27. The second kappa shape index (κ2) is 7.63. The van der Waals surface area contributed by atoms with Gasteiger partial charge < -0.3 is 9.47 Å². The van der Waals surface area contributed by atoms with Crippen molar-refractivity contribution >= 4 is 23.4 Å². The molecule has 0 radical (unpaired) electrons. The molecule has 0 N–H and O–H groups in total. The molecule has 0 aliphatic rings. The van der Waals surface area contributed by atoms with Crippen LogP contribution in [0.4, 0.5) is 10.5 Å². The Kier molecular flexibility index (Phi) is 5.80. The SMILES string of the molecule is COCCN(C(=O)OC(C)(C)C)c1cn(-c2cccnc2)nc1Cl. The maximum absolute atomic E-state index is 12.5. The fourth-order valence-electron chi connectivity index (χ4n) is 1.96. The third-order valence-electron chi connectivity index (χ3n) is 2.99. The Balaban J connectivity index is 2.32. The average molecular weight is 353 g/mol. The molecule has 0 atom stereocenters. The summed E-state index contributed by atoms with van der Waals surface area (Å²) in [6.07, 6.45) is 4.48. The van der Waals surface area contributed by atoms with Crippen LogP contribution in [0.25, 0.3) is 5.69 Å². The van der Waals surface area contributed by atoms with Crippen LogP contribution in [0.1, 0.15) is 20.8 Å². The smallest absolute Gasteiger partial charge is 0.415 e. The molecule has 2 rings (SSSR count). The van der Waals surface area contributed by atoms with Crippen molar-refractivity contribution in [1.82, 2.24) is 14.8 Å². The quantitative estimate of drug-likeness (QED) is 0.825. The molecule has 2 aromatic heterocycles. The van der Waals surface area contributed by atoms with Crippen LogP contribution < -0.4 is 4.90 Å². The number of anilines is 1. The minimum Gasteiger partial charge on any atom is -0.443 e. The lowest BCUT2D eigenvalue weighted by Crippen LogP contribution is -2.38. The van der Waals surface area contributed by atoms with Gasteiger partial charge in [-0.3, -0.25) is 9.88 Å². The van der Waals surface area contributed by atoms with E-state index in [1.165, 1.54) is 4.90 Å². The number of carbonyl (C=O) groups is 1. The highest BCUT2D eigenvalue weighted by atomic mass is 35.5. The van der Waals surface area contributed by atoms with Crippen molar-refractivity contribution in [1.29, 1.82) is 0 Å². The minimum atomic E-state index is -0.617. The van der Waals surface area contributed by atoms with E-state index in [2.05, 4.69) is 10.1 Å². The first-order chi connectivity index (χ1) is 11.3. The van der Waals surface area contributed by atoms with Crippen molar-refractivity contribution in [3.05, 3.63) is 35.9 Å². The second-order valence-corrected chi connectivity index (χ2v) is 6.44. The summed E-state index contributed by atoms with van der Waals surface area (Å²) in [5.41, 5.74) is 0.571. The van der Waals surface area contributed by atoms with Crippen LogP contribution in [0.15, 0.2) is 30.7 Å². The van der Waals surface area contributed by atoms with Crippen LogP contribution in [0, 0.1) is 0 Å². The zero-order valence-electron chi connectivity index (χ0n) is 14.2. The van der Waals surface area contributed by atoms with Gasteiger partial charge in [-0.2, -0.15) is 5.10 Å². The number of carbonyl (C=O) groups excluding carboxylic acids is 1. The van der Waals surface area contributed by atoms with Crippen molar-refractivity contribution in [2.45, 2.75) is 26.4 Å². The molecule has 0 unspecified atom stereocenters. The summed E-state index contributed by atoms with van der Waals surface area (Å²) >= 11 is 6.24. The van der Waals surface area contributed by atoms with Gasteiger partial charge in [-0.05, 0) is 32.9 Å². The molecule has 1 amide bonds. The lowest BCUT2D eigenvalue weighted by molar-refractivity contribution is 0.0569. The van der Waals surface area contributed by atoms with Crippen LogP contribution in [0.2, 0.25) is 5.15 Å². The van der Waals surface area contributed by atoms with Gasteiger partial charge in [0.25, 0.3) is 0 Å². The van der Waals surface area contributed by atoms with Gasteiger partial charge in [0.2, 0.25) is 0 Å². The Morgan fingerprint density at radius 1 is 1.42 bits per heavy atom. The van der Waals surface area contributed by atoms with E-state index in [0.717, 1.165) is 5.69 Å². The van der Waals surface area contributed by atoms with Crippen LogP contribution in [0.3, 0.4) is 0 Å². The first-order valence-corrected chi connectivity index (χ1v) is 7.84. The summed E-state index contributed by atoms with van der Waals surface area (Å²) in [6.45, 7) is 6.05. The lowest BCUT2D eigenvalue weighted by atomic mass is 10.2. The van der Waals surface area contributed by atoms with Crippen molar-refractivity contribution in [2.24, 2.45) is 0 Å². The number of methoxy groups -OCH3 is 1. The Morgan fingerprint density at radius 2 is 2.17 bits per heavy atom. The van der Waals surface area contributed by atoms with Gasteiger partial charge in [-0.15, -0.1) is 0 Å². The summed E-state index contributed by atoms with van der Waals surface area (Å²) in [6, 6.07) is 3.63. The first kappa shape index (κ1) is 18.2. The molecule has 8 heteroatoms. The molecule has 130 valence electrons. The molecule has 2 aromatic rings. The van der Waals surface area contributed by atoms with Gasteiger partial charge >= 0.3 is 6.09 Å². The van der Waals surface area contributed by atoms with Crippen molar-refractivity contribution in [3.63, 3.8) is 0 Å². The zero-order valence-corrected chi connectivity index (χ0v) is 14.9. The largest absolute Gasteiger partial charge is 0.443 e. The van der Waals surface area contributed by atoms with E-state index in [4.69, 9.17) is 21.1 Å². The van der Waals surface area contributed by atoms with Gasteiger partial charge in [0, 0.05) is 13.3 Å². The van der Waals surface area contributed by atoms with E-state index < -0.39 is 11.7 Å². The Bertz CT molecular complexity index is 682. The second-order valence-electron chi connectivity index (χ2n) is 6.09. The van der Waals surface area contributed by atoms with Gasteiger partial charge in [-0.25, -0.2) is 9.48 Å². The lowest BCUT2D eigenvalue weighted by Gasteiger charge is -2.26. The summed E-state index contributed by atoms with van der Waals surface area (Å²) in [7, 11) is 1.56. The van der Waals surface area contributed by atoms with E-state index >= 15 is 0 Å². The van der Waals surface area contributed by atoms with E-state index in [1.54, 1.807) is 57.2 Å². The molecule has 7 nitrogen and oxygen atoms in total. The number of ether oxygens (including phenoxy) is 2. The zero-order chi connectivity index (χ0) is 17.7. The maximum Gasteiger partial charge on any atom is 0.415 e. The number of rotatable bonds is 5. The average Bonchev–Trinajstić information content (AvgIpc) is 2.89. The molecular formula is C16H21ClN4O3. The Labute approximate surface area is 146 Å². The van der Waals surface area contributed by atoms with Gasteiger partial charge in [0.1, 0.15) is 11.3 Å². The molecule has 2 heterocycles. The molecule has 0 aliphatic heterocycles. The molecular weight excluding hydrogens is 332 g/mol. The fourth-order valence-corrected chi connectivity index (χ4v) is 2.19. The van der Waals surface area contributed by atoms with E-state index in [9.17, 15) is 4.79 Å². The number of nitrogens with zero attached hydrogens (tertiary/aromatic N) is 4. The molecule has 0 fully saturated rings. The number of aromatic nitrogens is 3. The predicted molar refractivity (Wildman–Crippen MR) is 91.8 cm³/mol. The monoisotopic (exact) mass is 352 g/mol. The summed E-state index contributed by atoms with van der Waals surface area (Å²) < 4.78 is 12.1. The van der Waals surface area contributed by atoms with Gasteiger partial charge in [0.15, 0.2) is 5.15 Å². The van der Waals surface area contributed by atoms with E-state index in [1.807, 2.05) is 6.07 Å². The molecule has 0 saturated heterocycles. The molecule has 0 bridgehead atoms. The van der Waals surface area contributed by atoms with E-state index in [-0.39, 0.29) is 5.15 Å². The normalized spacial score (nSPS) is 11.4. The topological polar surface area (TPSA) is 69.5 Å².